The number of likely N-dealkylation sites (tertiary alicyclic amines) is 1. The van der Waals surface area contributed by atoms with E-state index >= 15 is 0 Å². The Hall–Kier alpha value is -0.0451. The van der Waals surface area contributed by atoms with Crippen molar-refractivity contribution >= 4 is 25.1 Å². The number of hydrogen-bond acceptors (Lipinski definition) is 1. The number of rotatable bonds is 1. The Labute approximate surface area is 113 Å². The van der Waals surface area contributed by atoms with E-state index in [1.165, 1.54) is 43.6 Å². The number of thiocarbonyl (C=S) groups is 1. The van der Waals surface area contributed by atoms with Gasteiger partial charge in [0, 0.05) is 18.5 Å². The lowest BCUT2D eigenvalue weighted by molar-refractivity contribution is 0.203. The predicted octanol–water partition coefficient (Wildman–Crippen LogP) is 3.58. The smallest absolute Gasteiger partial charge is 0.0815 e. The summed E-state index contributed by atoms with van der Waals surface area (Å²) < 4.78 is 0. The first-order chi connectivity index (χ1) is 8.09. The van der Waals surface area contributed by atoms with E-state index in [2.05, 4.69) is 18.7 Å². The summed E-state index contributed by atoms with van der Waals surface area (Å²) in [6, 6.07) is 0.558. The van der Waals surface area contributed by atoms with Crippen LogP contribution in [0.5, 0.6) is 0 Å². The standard InChI is InChI=1S/C14H24BNS/c1-10(2)16-9-8-11-4-3-5-12(15)6-7-13(11)14(16)17/h10-13H,3-9H2,1-2H3. The van der Waals surface area contributed by atoms with Crippen molar-refractivity contribution in [3.8, 4) is 0 Å². The Kier molecular flexibility index (Phi) is 4.51. The van der Waals surface area contributed by atoms with Gasteiger partial charge in [0.15, 0.2) is 0 Å². The monoisotopic (exact) mass is 249 g/mol. The maximum atomic E-state index is 6.11. The minimum Gasteiger partial charge on any atom is -0.363 e. The largest absolute Gasteiger partial charge is 0.363 e. The molecular formula is C14H24BNS. The van der Waals surface area contributed by atoms with Gasteiger partial charge in [0.25, 0.3) is 0 Å². The lowest BCUT2D eigenvalue weighted by Crippen LogP contribution is -2.48. The summed E-state index contributed by atoms with van der Waals surface area (Å²) in [4.78, 5) is 3.66. The van der Waals surface area contributed by atoms with E-state index in [9.17, 15) is 0 Å². The second kappa shape index (κ2) is 5.73. The summed E-state index contributed by atoms with van der Waals surface area (Å²) in [6.45, 7) is 5.67. The second-order valence-corrected chi connectivity index (χ2v) is 6.47. The highest BCUT2D eigenvalue weighted by atomic mass is 32.1. The molecule has 1 saturated carbocycles. The molecule has 0 N–H and O–H groups in total. The summed E-state index contributed by atoms with van der Waals surface area (Å²) in [5.41, 5.74) is 0. The van der Waals surface area contributed by atoms with Gasteiger partial charge in [0.1, 0.15) is 0 Å². The third-order valence-corrected chi connectivity index (χ3v) is 5.07. The fourth-order valence-electron chi connectivity index (χ4n) is 3.43. The van der Waals surface area contributed by atoms with Crippen LogP contribution in [0.3, 0.4) is 0 Å². The van der Waals surface area contributed by atoms with Gasteiger partial charge < -0.3 is 4.90 Å². The Morgan fingerprint density at radius 3 is 2.65 bits per heavy atom. The maximum absolute atomic E-state index is 6.11. The van der Waals surface area contributed by atoms with Gasteiger partial charge in [-0.1, -0.05) is 37.3 Å². The van der Waals surface area contributed by atoms with Crippen LogP contribution >= 0.6 is 12.2 Å². The van der Waals surface area contributed by atoms with Crippen LogP contribution in [0.25, 0.3) is 0 Å². The van der Waals surface area contributed by atoms with Gasteiger partial charge >= 0.3 is 0 Å². The Bertz CT molecular complexity index is 279. The van der Waals surface area contributed by atoms with Crippen molar-refractivity contribution in [2.75, 3.05) is 6.54 Å². The van der Waals surface area contributed by atoms with E-state index in [0.717, 1.165) is 12.3 Å². The summed E-state index contributed by atoms with van der Waals surface area (Å²) >= 11 is 5.73. The zero-order valence-corrected chi connectivity index (χ0v) is 12.0. The van der Waals surface area contributed by atoms with Gasteiger partial charge in [-0.15, -0.1) is 0 Å². The zero-order valence-electron chi connectivity index (χ0n) is 11.2. The Balaban J connectivity index is 2.06. The Morgan fingerprint density at radius 2 is 1.94 bits per heavy atom. The summed E-state index contributed by atoms with van der Waals surface area (Å²) in [6.07, 6.45) is 7.56. The average Bonchev–Trinajstić information content (AvgIpc) is 2.24. The molecule has 0 amide bonds. The SMILES string of the molecule is [B]C1CCCC2CCN(C(C)C)C(=S)C2CC1. The first kappa shape index (κ1) is 13.4. The molecule has 1 aliphatic carbocycles. The molecular weight excluding hydrogens is 225 g/mol. The summed E-state index contributed by atoms with van der Waals surface area (Å²) in [7, 11) is 6.11. The molecule has 1 heterocycles. The van der Waals surface area contributed by atoms with E-state index in [1.54, 1.807) is 0 Å². The van der Waals surface area contributed by atoms with Crippen molar-refractivity contribution in [1.82, 2.24) is 4.90 Å². The highest BCUT2D eigenvalue weighted by molar-refractivity contribution is 7.80. The van der Waals surface area contributed by atoms with Gasteiger partial charge in [-0.05, 0) is 39.0 Å². The lowest BCUT2D eigenvalue weighted by Gasteiger charge is -2.44. The normalized spacial score (nSPS) is 35.4. The minimum absolute atomic E-state index is 0.410. The highest BCUT2D eigenvalue weighted by Gasteiger charge is 2.34. The molecule has 3 atom stereocenters. The van der Waals surface area contributed by atoms with Crippen LogP contribution in [0.1, 0.15) is 52.4 Å². The molecule has 2 rings (SSSR count). The molecule has 1 aliphatic heterocycles. The van der Waals surface area contributed by atoms with Crippen molar-refractivity contribution < 1.29 is 0 Å². The molecule has 2 radical (unpaired) electrons. The fourth-order valence-corrected chi connectivity index (χ4v) is 4.04. The van der Waals surface area contributed by atoms with Crippen LogP contribution in [0.4, 0.5) is 0 Å². The van der Waals surface area contributed by atoms with E-state index in [4.69, 9.17) is 20.1 Å². The average molecular weight is 249 g/mol. The Morgan fingerprint density at radius 1 is 1.18 bits per heavy atom. The van der Waals surface area contributed by atoms with Crippen LogP contribution in [0.2, 0.25) is 5.82 Å². The molecule has 0 bridgehead atoms. The molecule has 0 spiro atoms. The van der Waals surface area contributed by atoms with Crippen LogP contribution in [0, 0.1) is 11.8 Å². The van der Waals surface area contributed by atoms with E-state index < -0.39 is 0 Å². The molecule has 0 aromatic rings. The highest BCUT2D eigenvalue weighted by Crippen LogP contribution is 2.38. The van der Waals surface area contributed by atoms with E-state index in [0.29, 0.717) is 17.8 Å². The van der Waals surface area contributed by atoms with Gasteiger partial charge in [0.05, 0.1) is 12.8 Å². The van der Waals surface area contributed by atoms with Gasteiger partial charge in [0.2, 0.25) is 0 Å². The van der Waals surface area contributed by atoms with E-state index in [-0.39, 0.29) is 0 Å². The molecule has 2 fully saturated rings. The maximum Gasteiger partial charge on any atom is 0.0815 e. The molecule has 0 aromatic heterocycles. The predicted molar refractivity (Wildman–Crippen MR) is 78.6 cm³/mol. The number of nitrogens with zero attached hydrogens (tertiary/aromatic N) is 1. The topological polar surface area (TPSA) is 3.24 Å². The molecule has 3 heteroatoms. The first-order valence-electron chi connectivity index (χ1n) is 7.15. The first-order valence-corrected chi connectivity index (χ1v) is 7.56. The summed E-state index contributed by atoms with van der Waals surface area (Å²) in [5, 5.41) is 0. The van der Waals surface area contributed by atoms with Crippen molar-refractivity contribution in [1.29, 1.82) is 0 Å². The molecule has 2 aliphatic rings. The van der Waals surface area contributed by atoms with Crippen molar-refractivity contribution in [2.24, 2.45) is 11.8 Å². The number of piperidine rings is 1. The number of fused-ring (bicyclic) bond motifs is 1. The van der Waals surface area contributed by atoms with Crippen LogP contribution in [-0.4, -0.2) is 30.3 Å². The lowest BCUT2D eigenvalue weighted by atomic mass is 9.70. The molecule has 0 aromatic carbocycles. The number of hydrogen-bond donors (Lipinski definition) is 0. The third-order valence-electron chi connectivity index (χ3n) is 4.53. The quantitative estimate of drug-likeness (QED) is 0.516. The molecule has 94 valence electrons. The molecule has 17 heavy (non-hydrogen) atoms. The van der Waals surface area contributed by atoms with Crippen LogP contribution < -0.4 is 0 Å². The van der Waals surface area contributed by atoms with Crippen molar-refractivity contribution in [3.63, 3.8) is 0 Å². The zero-order chi connectivity index (χ0) is 12.4. The molecule has 3 unspecified atom stereocenters. The summed E-state index contributed by atoms with van der Waals surface area (Å²) in [5.74, 6) is 1.88. The second-order valence-electron chi connectivity index (χ2n) is 6.05. The van der Waals surface area contributed by atoms with Gasteiger partial charge in [-0.25, -0.2) is 0 Å². The van der Waals surface area contributed by atoms with Gasteiger partial charge in [-0.3, -0.25) is 0 Å². The van der Waals surface area contributed by atoms with Crippen LogP contribution in [-0.2, 0) is 0 Å². The molecule has 1 nitrogen and oxygen atoms in total. The van der Waals surface area contributed by atoms with Crippen molar-refractivity contribution in [2.45, 2.75) is 64.2 Å². The third kappa shape index (κ3) is 3.04. The van der Waals surface area contributed by atoms with Gasteiger partial charge in [-0.2, -0.15) is 0 Å². The fraction of sp³-hybridized carbons (Fsp3) is 0.929. The van der Waals surface area contributed by atoms with Crippen LogP contribution in [0.15, 0.2) is 0 Å². The minimum atomic E-state index is 0.410. The van der Waals surface area contributed by atoms with Crippen molar-refractivity contribution in [3.05, 3.63) is 0 Å². The molecule has 1 saturated heterocycles. The van der Waals surface area contributed by atoms with E-state index in [1.807, 2.05) is 0 Å².